The number of aryl methyl sites for hydroxylation is 1. The highest BCUT2D eigenvalue weighted by Crippen LogP contribution is 2.32. The van der Waals surface area contributed by atoms with Gasteiger partial charge in [0.15, 0.2) is 0 Å². The Balaban J connectivity index is 2.21. The fourth-order valence-electron chi connectivity index (χ4n) is 2.94. The van der Waals surface area contributed by atoms with Crippen LogP contribution in [0.15, 0.2) is 0 Å². The van der Waals surface area contributed by atoms with Gasteiger partial charge in [-0.2, -0.15) is 0 Å². The van der Waals surface area contributed by atoms with Crippen LogP contribution in [0.25, 0.3) is 0 Å². The Bertz CT molecular complexity index is 472. The van der Waals surface area contributed by atoms with E-state index >= 15 is 0 Å². The zero-order valence-corrected chi connectivity index (χ0v) is 13.4. The van der Waals surface area contributed by atoms with Crippen LogP contribution in [-0.4, -0.2) is 34.3 Å². The van der Waals surface area contributed by atoms with Gasteiger partial charge in [-0.05, 0) is 26.2 Å². The smallest absolute Gasteiger partial charge is 0.137 e. The van der Waals surface area contributed by atoms with Gasteiger partial charge >= 0.3 is 0 Å². The van der Waals surface area contributed by atoms with Crippen LogP contribution < -0.4 is 4.90 Å². The lowest BCUT2D eigenvalue weighted by atomic mass is 10.0. The molecule has 0 amide bonds. The van der Waals surface area contributed by atoms with Crippen molar-refractivity contribution >= 4 is 17.4 Å². The number of aromatic nitrogens is 2. The Morgan fingerprint density at radius 2 is 1.95 bits per heavy atom. The van der Waals surface area contributed by atoms with Crippen molar-refractivity contribution in [2.45, 2.75) is 58.0 Å². The third-order valence-electron chi connectivity index (χ3n) is 4.01. The number of halogens is 1. The van der Waals surface area contributed by atoms with Crippen LogP contribution in [0.2, 0.25) is 5.15 Å². The van der Waals surface area contributed by atoms with Crippen molar-refractivity contribution in [3.8, 4) is 0 Å². The maximum absolute atomic E-state index is 10.5. The van der Waals surface area contributed by atoms with Crippen molar-refractivity contribution in [3.63, 3.8) is 0 Å². The van der Waals surface area contributed by atoms with Crippen molar-refractivity contribution in [2.24, 2.45) is 0 Å². The SMILES string of the molecule is CCCc1nc(Cl)c(C)c(N(C)CC2(O)CCCC2)n1. The van der Waals surface area contributed by atoms with E-state index in [0.29, 0.717) is 11.7 Å². The molecule has 20 heavy (non-hydrogen) atoms. The van der Waals surface area contributed by atoms with Gasteiger partial charge in [-0.25, -0.2) is 9.97 Å². The number of rotatable bonds is 5. The van der Waals surface area contributed by atoms with E-state index in [1.54, 1.807) is 0 Å². The zero-order chi connectivity index (χ0) is 14.8. The molecule has 0 bridgehead atoms. The molecule has 1 aromatic rings. The molecule has 0 aliphatic heterocycles. The molecule has 1 saturated carbocycles. The molecule has 1 aromatic heterocycles. The van der Waals surface area contributed by atoms with Gasteiger partial charge in [0.25, 0.3) is 0 Å². The minimum absolute atomic E-state index is 0.517. The van der Waals surface area contributed by atoms with Gasteiger partial charge in [-0.3, -0.25) is 0 Å². The highest BCUT2D eigenvalue weighted by atomic mass is 35.5. The lowest BCUT2D eigenvalue weighted by Crippen LogP contribution is -2.40. The first-order valence-electron chi connectivity index (χ1n) is 7.42. The molecule has 0 aromatic carbocycles. The molecule has 0 unspecified atom stereocenters. The first-order valence-corrected chi connectivity index (χ1v) is 7.79. The average Bonchev–Trinajstić information content (AvgIpc) is 2.80. The van der Waals surface area contributed by atoms with Crippen LogP contribution in [0, 0.1) is 6.92 Å². The predicted octanol–water partition coefficient (Wildman–Crippen LogP) is 3.13. The second-order valence-corrected chi connectivity index (χ2v) is 6.27. The number of nitrogens with zero attached hydrogens (tertiary/aromatic N) is 3. The van der Waals surface area contributed by atoms with E-state index in [9.17, 15) is 5.11 Å². The Labute approximate surface area is 126 Å². The molecule has 1 N–H and O–H groups in total. The van der Waals surface area contributed by atoms with Gasteiger partial charge in [-0.1, -0.05) is 31.4 Å². The average molecular weight is 298 g/mol. The van der Waals surface area contributed by atoms with E-state index in [2.05, 4.69) is 16.9 Å². The maximum Gasteiger partial charge on any atom is 0.137 e. The molecule has 0 spiro atoms. The van der Waals surface area contributed by atoms with Gasteiger partial charge in [0.1, 0.15) is 16.8 Å². The Morgan fingerprint density at radius 3 is 2.55 bits per heavy atom. The molecule has 112 valence electrons. The fraction of sp³-hybridized carbons (Fsp3) is 0.733. The quantitative estimate of drug-likeness (QED) is 0.848. The molecule has 4 nitrogen and oxygen atoms in total. The van der Waals surface area contributed by atoms with Gasteiger partial charge in [-0.15, -0.1) is 0 Å². The molecule has 2 rings (SSSR count). The molecular formula is C15H24ClN3O. The number of likely N-dealkylation sites (N-methyl/N-ethyl adjacent to an activating group) is 1. The predicted molar refractivity (Wildman–Crippen MR) is 82.5 cm³/mol. The molecule has 0 atom stereocenters. The fourth-order valence-corrected chi connectivity index (χ4v) is 3.12. The number of aliphatic hydroxyl groups is 1. The van der Waals surface area contributed by atoms with E-state index in [0.717, 1.165) is 55.7 Å². The van der Waals surface area contributed by atoms with E-state index in [-0.39, 0.29) is 0 Å². The Morgan fingerprint density at radius 1 is 1.30 bits per heavy atom. The summed E-state index contributed by atoms with van der Waals surface area (Å²) in [4.78, 5) is 11.0. The minimum Gasteiger partial charge on any atom is -0.388 e. The number of anilines is 1. The van der Waals surface area contributed by atoms with Crippen molar-refractivity contribution in [2.75, 3.05) is 18.5 Å². The number of hydrogen-bond donors (Lipinski definition) is 1. The minimum atomic E-state index is -0.580. The largest absolute Gasteiger partial charge is 0.388 e. The highest BCUT2D eigenvalue weighted by molar-refractivity contribution is 6.30. The van der Waals surface area contributed by atoms with Gasteiger partial charge in [0, 0.05) is 25.6 Å². The molecule has 1 aliphatic rings. The molecular weight excluding hydrogens is 274 g/mol. The van der Waals surface area contributed by atoms with Gasteiger partial charge < -0.3 is 10.0 Å². The third-order valence-corrected chi connectivity index (χ3v) is 4.38. The second kappa shape index (κ2) is 6.27. The Hall–Kier alpha value is -0.870. The molecule has 5 heteroatoms. The summed E-state index contributed by atoms with van der Waals surface area (Å²) in [6.07, 6.45) is 5.77. The van der Waals surface area contributed by atoms with Crippen LogP contribution in [-0.2, 0) is 6.42 Å². The monoisotopic (exact) mass is 297 g/mol. The van der Waals surface area contributed by atoms with Crippen molar-refractivity contribution in [3.05, 3.63) is 16.5 Å². The molecule has 1 heterocycles. The van der Waals surface area contributed by atoms with Crippen LogP contribution in [0.1, 0.15) is 50.4 Å². The summed E-state index contributed by atoms with van der Waals surface area (Å²) < 4.78 is 0. The molecule has 1 fully saturated rings. The summed E-state index contributed by atoms with van der Waals surface area (Å²) in [5, 5.41) is 11.1. The van der Waals surface area contributed by atoms with Crippen molar-refractivity contribution in [1.82, 2.24) is 9.97 Å². The zero-order valence-electron chi connectivity index (χ0n) is 12.6. The van der Waals surface area contributed by atoms with Crippen molar-refractivity contribution in [1.29, 1.82) is 0 Å². The summed E-state index contributed by atoms with van der Waals surface area (Å²) in [6.45, 7) is 4.64. The van der Waals surface area contributed by atoms with Crippen molar-refractivity contribution < 1.29 is 5.11 Å². The molecule has 0 saturated heterocycles. The third kappa shape index (κ3) is 3.41. The lowest BCUT2D eigenvalue weighted by molar-refractivity contribution is 0.0557. The first kappa shape index (κ1) is 15.5. The van der Waals surface area contributed by atoms with E-state index in [1.807, 2.05) is 18.9 Å². The molecule has 1 aliphatic carbocycles. The second-order valence-electron chi connectivity index (χ2n) is 5.92. The summed E-state index contributed by atoms with van der Waals surface area (Å²) in [7, 11) is 1.97. The summed E-state index contributed by atoms with van der Waals surface area (Å²) >= 11 is 6.21. The van der Waals surface area contributed by atoms with Crippen LogP contribution in [0.4, 0.5) is 5.82 Å². The summed E-state index contributed by atoms with van der Waals surface area (Å²) in [5.74, 6) is 1.62. The van der Waals surface area contributed by atoms with Crippen LogP contribution >= 0.6 is 11.6 Å². The van der Waals surface area contributed by atoms with Gasteiger partial charge in [0.2, 0.25) is 0 Å². The van der Waals surface area contributed by atoms with Crippen LogP contribution in [0.3, 0.4) is 0 Å². The topological polar surface area (TPSA) is 49.2 Å². The summed E-state index contributed by atoms with van der Waals surface area (Å²) in [5.41, 5.74) is 0.305. The van der Waals surface area contributed by atoms with E-state index in [1.165, 1.54) is 0 Å². The maximum atomic E-state index is 10.5. The highest BCUT2D eigenvalue weighted by Gasteiger charge is 2.33. The van der Waals surface area contributed by atoms with E-state index in [4.69, 9.17) is 11.6 Å². The number of hydrogen-bond acceptors (Lipinski definition) is 4. The Kier molecular flexibility index (Phi) is 4.86. The van der Waals surface area contributed by atoms with Gasteiger partial charge in [0.05, 0.1) is 5.60 Å². The first-order chi connectivity index (χ1) is 9.45. The van der Waals surface area contributed by atoms with Crippen LogP contribution in [0.5, 0.6) is 0 Å². The standard InChI is InChI=1S/C15H24ClN3O/c1-4-7-12-17-13(16)11(2)14(18-12)19(3)10-15(20)8-5-6-9-15/h20H,4-10H2,1-3H3. The van der Waals surface area contributed by atoms with E-state index < -0.39 is 5.60 Å². The molecule has 0 radical (unpaired) electrons. The normalized spacial score (nSPS) is 17.4. The lowest BCUT2D eigenvalue weighted by Gasteiger charge is -2.30. The summed E-state index contributed by atoms with van der Waals surface area (Å²) in [6, 6.07) is 0.